The first kappa shape index (κ1) is 22.8. The van der Waals surface area contributed by atoms with Crippen LogP contribution in [0.25, 0.3) is 10.9 Å². The fraction of sp³-hybridized carbons (Fsp3) is 0.600. The smallest absolute Gasteiger partial charge is 0.235 e. The Labute approximate surface area is 198 Å². The monoisotopic (exact) mass is 468 g/mol. The number of hydrogen-bond acceptors (Lipinski definition) is 6. The molecule has 3 heterocycles. The molecule has 2 aliphatic heterocycles. The third-order valence-corrected chi connectivity index (χ3v) is 7.52. The highest BCUT2D eigenvalue weighted by molar-refractivity contribution is 6.03. The number of rotatable bonds is 4. The molecule has 0 radical (unpaired) electrons. The fourth-order valence-electron chi connectivity index (χ4n) is 5.59. The Morgan fingerprint density at radius 2 is 1.82 bits per heavy atom. The number of fused-ring (bicyclic) bond motifs is 1. The number of aryl methyl sites for hydroxylation is 1. The van der Waals surface area contributed by atoms with Gasteiger partial charge in [-0.25, -0.2) is 0 Å². The van der Waals surface area contributed by atoms with E-state index in [2.05, 4.69) is 10.4 Å². The van der Waals surface area contributed by atoms with Gasteiger partial charge in [0, 0.05) is 50.7 Å². The fourth-order valence-corrected chi connectivity index (χ4v) is 5.59. The van der Waals surface area contributed by atoms with Gasteiger partial charge in [0.05, 0.1) is 17.7 Å². The molecule has 2 N–H and O–H groups in total. The van der Waals surface area contributed by atoms with E-state index in [1.54, 1.807) is 4.68 Å². The van der Waals surface area contributed by atoms with Gasteiger partial charge in [-0.3, -0.25) is 24.4 Å². The number of hydrogen-bond donors (Lipinski definition) is 2. The lowest BCUT2D eigenvalue weighted by atomic mass is 9.86. The predicted octanol–water partition coefficient (Wildman–Crippen LogP) is 2.01. The lowest BCUT2D eigenvalue weighted by molar-refractivity contribution is -0.139. The number of carbonyl (C=O) groups excluding carboxylic acids is 3. The highest BCUT2D eigenvalue weighted by Crippen LogP contribution is 2.35. The van der Waals surface area contributed by atoms with Gasteiger partial charge in [-0.15, -0.1) is 0 Å². The Balaban J connectivity index is 1.26. The molecule has 3 amide bonds. The number of nitrogens with one attached hydrogen (secondary N) is 1. The Kier molecular flexibility index (Phi) is 6.29. The van der Waals surface area contributed by atoms with Crippen LogP contribution in [0.4, 0.5) is 0 Å². The zero-order valence-electron chi connectivity index (χ0n) is 19.5. The van der Waals surface area contributed by atoms with Crippen molar-refractivity contribution >= 4 is 28.6 Å². The molecule has 1 unspecified atom stereocenters. The summed E-state index contributed by atoms with van der Waals surface area (Å²) in [6.45, 7) is 1.34. The van der Waals surface area contributed by atoms with E-state index in [-0.39, 0.29) is 35.8 Å². The Bertz CT molecular complexity index is 1100. The van der Waals surface area contributed by atoms with Crippen molar-refractivity contribution in [1.82, 2.24) is 20.0 Å². The topological polar surface area (TPSA) is 114 Å². The van der Waals surface area contributed by atoms with Crippen molar-refractivity contribution in [2.75, 3.05) is 13.1 Å². The van der Waals surface area contributed by atoms with Crippen LogP contribution in [0.1, 0.15) is 63.0 Å². The van der Waals surface area contributed by atoms with Crippen LogP contribution in [0, 0.1) is 5.92 Å². The minimum absolute atomic E-state index is 0.00298. The molecule has 1 aromatic heterocycles. The molecule has 3 aliphatic rings. The molecule has 9 heteroatoms. The van der Waals surface area contributed by atoms with Crippen molar-refractivity contribution in [3.05, 3.63) is 23.9 Å². The first-order chi connectivity index (χ1) is 16.4. The Morgan fingerprint density at radius 1 is 1.09 bits per heavy atom. The van der Waals surface area contributed by atoms with Crippen molar-refractivity contribution in [3.8, 4) is 5.75 Å². The maximum absolute atomic E-state index is 12.9. The third-order valence-electron chi connectivity index (χ3n) is 7.52. The number of para-hydroxylation sites is 1. The van der Waals surface area contributed by atoms with Crippen molar-refractivity contribution in [3.63, 3.8) is 0 Å². The molecule has 182 valence electrons. The number of nitrogens with zero attached hydrogens (tertiary/aromatic N) is 3. The Hall–Kier alpha value is -2.94. The maximum atomic E-state index is 12.9. The van der Waals surface area contributed by atoms with Crippen LogP contribution in [-0.4, -0.2) is 62.8 Å². The first-order valence-corrected chi connectivity index (χ1v) is 12.3. The molecule has 9 nitrogen and oxygen atoms in total. The average molecular weight is 469 g/mol. The van der Waals surface area contributed by atoms with E-state index in [0.29, 0.717) is 44.5 Å². The maximum Gasteiger partial charge on any atom is 0.235 e. The second-order valence-corrected chi connectivity index (χ2v) is 9.81. The first-order valence-electron chi connectivity index (χ1n) is 12.3. The highest BCUT2D eigenvalue weighted by Gasteiger charge is 2.34. The molecule has 2 aromatic rings. The molecule has 3 fully saturated rings. The van der Waals surface area contributed by atoms with Crippen molar-refractivity contribution < 1.29 is 24.2 Å². The molecule has 34 heavy (non-hydrogen) atoms. The minimum Gasteiger partial charge on any atom is -0.488 e. The number of benzene rings is 1. The van der Waals surface area contributed by atoms with Crippen molar-refractivity contribution in [1.29, 1.82) is 0 Å². The molecule has 0 bridgehead atoms. The summed E-state index contributed by atoms with van der Waals surface area (Å²) in [5, 5.41) is 17.6. The van der Waals surface area contributed by atoms with Gasteiger partial charge in [0.1, 0.15) is 17.4 Å². The Morgan fingerprint density at radius 3 is 2.53 bits per heavy atom. The minimum atomic E-state index is -0.452. The van der Waals surface area contributed by atoms with E-state index in [1.165, 1.54) is 0 Å². The summed E-state index contributed by atoms with van der Waals surface area (Å²) in [5.41, 5.74) is 1.51. The van der Waals surface area contributed by atoms with Gasteiger partial charge in [0.25, 0.3) is 0 Å². The summed E-state index contributed by atoms with van der Waals surface area (Å²) >= 11 is 0. The number of aliphatic hydroxyl groups excluding tert-OH is 1. The number of amides is 3. The molecule has 1 atom stereocenters. The largest absolute Gasteiger partial charge is 0.488 e. The van der Waals surface area contributed by atoms with Crippen LogP contribution in [0.15, 0.2) is 18.2 Å². The summed E-state index contributed by atoms with van der Waals surface area (Å²) in [6.07, 6.45) is 4.99. The van der Waals surface area contributed by atoms with E-state index in [4.69, 9.17) is 4.74 Å². The second-order valence-electron chi connectivity index (χ2n) is 9.81. The van der Waals surface area contributed by atoms with Gasteiger partial charge < -0.3 is 14.7 Å². The number of ether oxygens (including phenoxy) is 1. The van der Waals surface area contributed by atoms with Gasteiger partial charge >= 0.3 is 0 Å². The van der Waals surface area contributed by atoms with Crippen LogP contribution in [0.5, 0.6) is 5.75 Å². The van der Waals surface area contributed by atoms with Crippen LogP contribution >= 0.6 is 0 Å². The average Bonchev–Trinajstić information content (AvgIpc) is 3.17. The van der Waals surface area contributed by atoms with Crippen LogP contribution in [0.2, 0.25) is 0 Å². The number of likely N-dealkylation sites (tertiary alicyclic amines) is 1. The number of piperidine rings is 2. The van der Waals surface area contributed by atoms with Gasteiger partial charge in [-0.05, 0) is 38.2 Å². The van der Waals surface area contributed by atoms with Crippen LogP contribution in [0.3, 0.4) is 0 Å². The molecule has 1 aliphatic carbocycles. The van der Waals surface area contributed by atoms with E-state index < -0.39 is 5.92 Å². The normalized spacial score (nSPS) is 26.5. The lowest BCUT2D eigenvalue weighted by Gasteiger charge is -2.35. The van der Waals surface area contributed by atoms with Crippen LogP contribution in [-0.2, 0) is 21.4 Å². The predicted molar refractivity (Wildman–Crippen MR) is 124 cm³/mol. The van der Waals surface area contributed by atoms with Gasteiger partial charge in [0.15, 0.2) is 0 Å². The molecule has 0 spiro atoms. The zero-order chi connectivity index (χ0) is 23.8. The van der Waals surface area contributed by atoms with Crippen LogP contribution < -0.4 is 10.1 Å². The highest BCUT2D eigenvalue weighted by atomic mass is 16.5. The summed E-state index contributed by atoms with van der Waals surface area (Å²) in [5.74, 6) is -0.0184. The quantitative estimate of drug-likeness (QED) is 0.664. The van der Waals surface area contributed by atoms with E-state index in [0.717, 1.165) is 42.3 Å². The van der Waals surface area contributed by atoms with E-state index in [9.17, 15) is 19.5 Å². The zero-order valence-corrected chi connectivity index (χ0v) is 19.5. The molecule has 1 saturated carbocycles. The van der Waals surface area contributed by atoms with Gasteiger partial charge in [-0.1, -0.05) is 12.1 Å². The molecular weight excluding hydrogens is 436 g/mol. The summed E-state index contributed by atoms with van der Waals surface area (Å²) in [4.78, 5) is 38.8. The summed E-state index contributed by atoms with van der Waals surface area (Å²) in [6, 6.07) is 5.77. The van der Waals surface area contributed by atoms with Gasteiger partial charge in [-0.2, -0.15) is 5.10 Å². The van der Waals surface area contributed by atoms with Crippen molar-refractivity contribution in [2.45, 2.75) is 69.5 Å². The van der Waals surface area contributed by atoms with Gasteiger partial charge in [0.2, 0.25) is 17.7 Å². The summed E-state index contributed by atoms with van der Waals surface area (Å²) in [7, 11) is 1.84. The molecular formula is C25H32N4O5. The van der Waals surface area contributed by atoms with E-state index >= 15 is 0 Å². The van der Waals surface area contributed by atoms with E-state index in [1.807, 2.05) is 30.1 Å². The number of imide groups is 1. The molecule has 2 saturated heterocycles. The van der Waals surface area contributed by atoms with Crippen molar-refractivity contribution in [2.24, 2.45) is 13.0 Å². The number of carbonyl (C=O) groups is 3. The lowest BCUT2D eigenvalue weighted by Crippen LogP contribution is -2.45. The number of aromatic nitrogens is 2. The standard InChI is InChI=1S/C25H32N4O5/c1-28-23-18(22(27-28)19-9-10-21(31)26-24(19)32)3-2-4-20(23)34-17-11-13-29(14-12-17)25(33)15-5-7-16(30)8-6-15/h2-4,15-17,19,30H,5-14H2,1H3,(H,26,31,32). The third kappa shape index (κ3) is 4.41. The molecule has 5 rings (SSSR count). The molecule has 1 aromatic carbocycles. The SMILES string of the molecule is Cn1nc(C2CCC(=O)NC2=O)c2cccc(OC3CCN(C(=O)C4CCC(O)CC4)CC3)c21. The summed E-state index contributed by atoms with van der Waals surface area (Å²) < 4.78 is 8.14. The number of aliphatic hydroxyl groups is 1. The second kappa shape index (κ2) is 9.37.